The SMILES string of the molecule is CCOC(=O)c1ccc(NC(=O)N2Cc3c(OC)ccc(OC)c3[C@H](O)C2)cc1. The summed E-state index contributed by atoms with van der Waals surface area (Å²) in [6, 6.07) is 9.54. The summed E-state index contributed by atoms with van der Waals surface area (Å²) >= 11 is 0. The Labute approximate surface area is 169 Å². The van der Waals surface area contributed by atoms with E-state index in [1.54, 1.807) is 50.4 Å². The number of ether oxygens (including phenoxy) is 3. The maximum atomic E-state index is 12.7. The molecule has 0 radical (unpaired) electrons. The molecule has 1 aliphatic rings. The summed E-state index contributed by atoms with van der Waals surface area (Å²) in [5.41, 5.74) is 2.28. The number of methoxy groups -OCH3 is 2. The van der Waals surface area contributed by atoms with Gasteiger partial charge in [0.05, 0.1) is 39.5 Å². The number of benzene rings is 2. The molecule has 8 heteroatoms. The molecule has 29 heavy (non-hydrogen) atoms. The van der Waals surface area contributed by atoms with E-state index < -0.39 is 12.1 Å². The van der Waals surface area contributed by atoms with Crippen molar-refractivity contribution in [1.29, 1.82) is 0 Å². The molecular formula is C21H24N2O6. The highest BCUT2D eigenvalue weighted by Gasteiger charge is 2.32. The van der Waals surface area contributed by atoms with Gasteiger partial charge in [0, 0.05) is 16.8 Å². The van der Waals surface area contributed by atoms with Crippen LogP contribution in [0.5, 0.6) is 11.5 Å². The molecule has 0 bridgehead atoms. The van der Waals surface area contributed by atoms with Crippen molar-refractivity contribution < 1.29 is 28.9 Å². The van der Waals surface area contributed by atoms with Gasteiger partial charge in [0.25, 0.3) is 0 Å². The summed E-state index contributed by atoms with van der Waals surface area (Å²) in [6.07, 6.45) is -0.902. The second-order valence-corrected chi connectivity index (χ2v) is 6.49. The van der Waals surface area contributed by atoms with Gasteiger partial charge in [0.2, 0.25) is 0 Å². The van der Waals surface area contributed by atoms with E-state index in [4.69, 9.17) is 14.2 Å². The molecule has 154 valence electrons. The molecule has 2 amide bonds. The summed E-state index contributed by atoms with van der Waals surface area (Å²) < 4.78 is 15.7. The second kappa shape index (κ2) is 8.83. The van der Waals surface area contributed by atoms with Gasteiger partial charge in [-0.2, -0.15) is 0 Å². The lowest BCUT2D eigenvalue weighted by molar-refractivity contribution is 0.0526. The first-order chi connectivity index (χ1) is 14.0. The van der Waals surface area contributed by atoms with Gasteiger partial charge in [0.1, 0.15) is 17.6 Å². The van der Waals surface area contributed by atoms with Crippen molar-refractivity contribution in [2.24, 2.45) is 0 Å². The maximum absolute atomic E-state index is 12.7. The number of rotatable bonds is 5. The van der Waals surface area contributed by atoms with Gasteiger partial charge in [-0.3, -0.25) is 0 Å². The minimum Gasteiger partial charge on any atom is -0.496 e. The number of hydrogen-bond acceptors (Lipinski definition) is 6. The van der Waals surface area contributed by atoms with Crippen LogP contribution < -0.4 is 14.8 Å². The van der Waals surface area contributed by atoms with Gasteiger partial charge >= 0.3 is 12.0 Å². The lowest BCUT2D eigenvalue weighted by Gasteiger charge is -2.34. The van der Waals surface area contributed by atoms with Crippen molar-refractivity contribution >= 4 is 17.7 Å². The molecule has 3 rings (SSSR count). The van der Waals surface area contributed by atoms with Crippen molar-refractivity contribution in [3.05, 3.63) is 53.1 Å². The topological polar surface area (TPSA) is 97.3 Å². The lowest BCUT2D eigenvalue weighted by Crippen LogP contribution is -2.41. The van der Waals surface area contributed by atoms with Crippen molar-refractivity contribution in [1.82, 2.24) is 4.90 Å². The van der Waals surface area contributed by atoms with Crippen LogP contribution in [-0.2, 0) is 11.3 Å². The number of anilines is 1. The maximum Gasteiger partial charge on any atom is 0.338 e. The van der Waals surface area contributed by atoms with Crippen LogP contribution in [0, 0.1) is 0 Å². The molecule has 1 heterocycles. The van der Waals surface area contributed by atoms with E-state index in [9.17, 15) is 14.7 Å². The van der Waals surface area contributed by atoms with E-state index in [0.717, 1.165) is 0 Å². The summed E-state index contributed by atoms with van der Waals surface area (Å²) in [6.45, 7) is 2.41. The van der Waals surface area contributed by atoms with E-state index in [0.29, 0.717) is 40.5 Å². The fraction of sp³-hybridized carbons (Fsp3) is 0.333. The first kappa shape index (κ1) is 20.5. The first-order valence-electron chi connectivity index (χ1n) is 9.23. The number of carbonyl (C=O) groups is 2. The highest BCUT2D eigenvalue weighted by Crippen LogP contribution is 2.39. The van der Waals surface area contributed by atoms with Gasteiger partial charge in [-0.25, -0.2) is 9.59 Å². The molecular weight excluding hydrogens is 376 g/mol. The number of aliphatic hydroxyl groups excluding tert-OH is 1. The summed E-state index contributed by atoms with van der Waals surface area (Å²) in [5, 5.41) is 13.4. The number of hydrogen-bond donors (Lipinski definition) is 2. The zero-order valence-electron chi connectivity index (χ0n) is 16.6. The molecule has 2 aromatic carbocycles. The summed E-state index contributed by atoms with van der Waals surface area (Å²) in [5.74, 6) is 0.723. The van der Waals surface area contributed by atoms with E-state index >= 15 is 0 Å². The predicted molar refractivity (Wildman–Crippen MR) is 106 cm³/mol. The molecule has 1 atom stereocenters. The number of aliphatic hydroxyl groups is 1. The fourth-order valence-electron chi connectivity index (χ4n) is 3.34. The van der Waals surface area contributed by atoms with Gasteiger partial charge in [0.15, 0.2) is 0 Å². The Morgan fingerprint density at radius 3 is 2.38 bits per heavy atom. The molecule has 0 saturated heterocycles. The Hall–Kier alpha value is -3.26. The van der Waals surface area contributed by atoms with Crippen LogP contribution >= 0.6 is 0 Å². The Kier molecular flexibility index (Phi) is 6.23. The number of urea groups is 1. The number of nitrogens with one attached hydrogen (secondary N) is 1. The van der Waals surface area contributed by atoms with Gasteiger partial charge in [-0.1, -0.05) is 0 Å². The highest BCUT2D eigenvalue weighted by molar-refractivity contribution is 5.92. The van der Waals surface area contributed by atoms with E-state index in [2.05, 4.69) is 5.32 Å². The molecule has 0 aromatic heterocycles. The van der Waals surface area contributed by atoms with Crippen LogP contribution in [0.4, 0.5) is 10.5 Å². The third-order valence-electron chi connectivity index (χ3n) is 4.72. The molecule has 2 aromatic rings. The molecule has 1 aliphatic heterocycles. The number of fused-ring (bicyclic) bond motifs is 1. The van der Waals surface area contributed by atoms with Crippen molar-refractivity contribution in [3.8, 4) is 11.5 Å². The largest absolute Gasteiger partial charge is 0.496 e. The number of carbonyl (C=O) groups excluding carboxylic acids is 2. The summed E-state index contributed by atoms with van der Waals surface area (Å²) in [4.78, 5) is 26.0. The fourth-order valence-corrected chi connectivity index (χ4v) is 3.34. The molecule has 0 unspecified atom stereocenters. The van der Waals surface area contributed by atoms with Crippen molar-refractivity contribution in [2.75, 3.05) is 32.7 Å². The smallest absolute Gasteiger partial charge is 0.338 e. The third-order valence-corrected chi connectivity index (χ3v) is 4.72. The number of esters is 1. The molecule has 0 fully saturated rings. The average molecular weight is 400 g/mol. The first-order valence-corrected chi connectivity index (χ1v) is 9.23. The molecule has 8 nitrogen and oxygen atoms in total. The average Bonchev–Trinajstić information content (AvgIpc) is 2.73. The van der Waals surface area contributed by atoms with Crippen LogP contribution in [0.3, 0.4) is 0 Å². The minimum absolute atomic E-state index is 0.114. The van der Waals surface area contributed by atoms with Crippen LogP contribution in [0.2, 0.25) is 0 Å². The van der Waals surface area contributed by atoms with Gasteiger partial charge in [-0.05, 0) is 43.3 Å². The Bertz CT molecular complexity index is 897. The Morgan fingerprint density at radius 2 is 1.76 bits per heavy atom. The minimum atomic E-state index is -0.902. The standard InChI is InChI=1S/C21H24N2O6/c1-4-29-20(25)13-5-7-14(8-6-13)22-21(26)23-11-15-17(27-2)9-10-18(28-3)19(15)16(24)12-23/h5-10,16,24H,4,11-12H2,1-3H3,(H,22,26)/t16-/m1/s1. The van der Waals surface area contributed by atoms with Crippen LogP contribution in [-0.4, -0.2) is 49.4 Å². The lowest BCUT2D eigenvalue weighted by atomic mass is 9.95. The van der Waals surface area contributed by atoms with E-state index in [1.807, 2.05) is 0 Å². The zero-order valence-corrected chi connectivity index (χ0v) is 16.6. The number of β-amino-alcohol motifs (C(OH)–C–C–N with tert-alkyl or cyclic N) is 1. The van der Waals surface area contributed by atoms with Gasteiger partial charge in [-0.15, -0.1) is 0 Å². The van der Waals surface area contributed by atoms with Crippen LogP contribution in [0.15, 0.2) is 36.4 Å². The normalized spacial score (nSPS) is 15.3. The summed E-state index contributed by atoms with van der Waals surface area (Å²) in [7, 11) is 3.08. The quantitative estimate of drug-likeness (QED) is 0.749. The number of nitrogens with zero attached hydrogens (tertiary/aromatic N) is 1. The Balaban J connectivity index is 1.76. The number of amides is 2. The van der Waals surface area contributed by atoms with Crippen molar-refractivity contribution in [3.63, 3.8) is 0 Å². The highest BCUT2D eigenvalue weighted by atomic mass is 16.5. The predicted octanol–water partition coefficient (Wildman–Crippen LogP) is 2.96. The van der Waals surface area contributed by atoms with Gasteiger partial charge < -0.3 is 29.5 Å². The molecule has 0 spiro atoms. The zero-order chi connectivity index (χ0) is 21.0. The Morgan fingerprint density at radius 1 is 1.10 bits per heavy atom. The van der Waals surface area contributed by atoms with E-state index in [-0.39, 0.29) is 19.1 Å². The molecule has 0 aliphatic carbocycles. The van der Waals surface area contributed by atoms with Crippen molar-refractivity contribution in [2.45, 2.75) is 19.6 Å². The molecule has 2 N–H and O–H groups in total. The van der Waals surface area contributed by atoms with Crippen LogP contribution in [0.1, 0.15) is 34.5 Å². The monoisotopic (exact) mass is 400 g/mol. The van der Waals surface area contributed by atoms with Crippen LogP contribution in [0.25, 0.3) is 0 Å². The third kappa shape index (κ3) is 4.27. The second-order valence-electron chi connectivity index (χ2n) is 6.49. The van der Waals surface area contributed by atoms with E-state index in [1.165, 1.54) is 12.0 Å². The molecule has 0 saturated carbocycles.